The van der Waals surface area contributed by atoms with Gasteiger partial charge in [-0.1, -0.05) is 12.1 Å². The van der Waals surface area contributed by atoms with Crippen molar-refractivity contribution in [3.63, 3.8) is 0 Å². The molecule has 1 fully saturated rings. The zero-order valence-electron chi connectivity index (χ0n) is 18.6. The fourth-order valence-corrected chi connectivity index (χ4v) is 3.59. The average Bonchev–Trinajstić information content (AvgIpc) is 3.30. The Bertz CT molecular complexity index is 763. The Morgan fingerprint density at radius 1 is 1.19 bits per heavy atom. The van der Waals surface area contributed by atoms with Crippen molar-refractivity contribution in [2.75, 3.05) is 47.0 Å². The third kappa shape index (κ3) is 9.08. The molecule has 1 aliphatic rings. The maximum absolute atomic E-state index is 6.00. The number of hydrogen-bond donors (Lipinski definition) is 2. The van der Waals surface area contributed by atoms with E-state index >= 15 is 0 Å². The third-order valence-corrected chi connectivity index (χ3v) is 5.44. The summed E-state index contributed by atoms with van der Waals surface area (Å²) in [5.74, 6) is 1.71. The maximum Gasteiger partial charge on any atom is 0.191 e. The Kier molecular flexibility index (Phi) is 11.8. The summed E-state index contributed by atoms with van der Waals surface area (Å²) in [5.41, 5.74) is 1.17. The number of aromatic nitrogens is 1. The first-order chi connectivity index (χ1) is 14.7. The number of rotatable bonds is 10. The highest BCUT2D eigenvalue weighted by atomic mass is 127. The minimum atomic E-state index is 0. The topological polar surface area (TPSA) is 63.0 Å². The van der Waals surface area contributed by atoms with Crippen molar-refractivity contribution in [3.8, 4) is 5.75 Å². The molecule has 0 unspecified atom stereocenters. The Morgan fingerprint density at radius 2 is 1.97 bits per heavy atom. The highest BCUT2D eigenvalue weighted by molar-refractivity contribution is 14.0. The molecule has 1 aliphatic heterocycles. The van der Waals surface area contributed by atoms with E-state index in [2.05, 4.69) is 56.7 Å². The molecule has 0 saturated carbocycles. The van der Waals surface area contributed by atoms with E-state index in [0.29, 0.717) is 19.2 Å². The second kappa shape index (κ2) is 14.3. The van der Waals surface area contributed by atoms with E-state index in [4.69, 9.17) is 9.47 Å². The summed E-state index contributed by atoms with van der Waals surface area (Å²) in [4.78, 5) is 6.68. The van der Waals surface area contributed by atoms with E-state index < -0.39 is 0 Å². The van der Waals surface area contributed by atoms with E-state index in [0.717, 1.165) is 57.4 Å². The van der Waals surface area contributed by atoms with E-state index in [9.17, 15) is 0 Å². The average molecular weight is 541 g/mol. The zero-order chi connectivity index (χ0) is 21.0. The summed E-state index contributed by atoms with van der Waals surface area (Å²) in [6.45, 7) is 5.77. The van der Waals surface area contributed by atoms with Crippen molar-refractivity contribution < 1.29 is 9.47 Å². The van der Waals surface area contributed by atoms with Crippen LogP contribution in [0.2, 0.25) is 0 Å². The number of nitrogens with one attached hydrogen (secondary N) is 2. The maximum atomic E-state index is 6.00. The largest absolute Gasteiger partial charge is 0.492 e. The molecule has 31 heavy (non-hydrogen) atoms. The van der Waals surface area contributed by atoms with Crippen molar-refractivity contribution in [1.29, 1.82) is 0 Å². The van der Waals surface area contributed by atoms with Crippen LogP contribution in [0, 0.1) is 0 Å². The zero-order valence-corrected chi connectivity index (χ0v) is 21.0. The molecule has 2 aromatic rings. The van der Waals surface area contributed by atoms with Crippen molar-refractivity contribution in [3.05, 3.63) is 54.4 Å². The number of guanidine groups is 1. The quantitative estimate of drug-likeness (QED) is 0.275. The van der Waals surface area contributed by atoms with Crippen molar-refractivity contribution in [2.45, 2.75) is 32.0 Å². The third-order valence-electron chi connectivity index (χ3n) is 5.44. The molecule has 0 bridgehead atoms. The lowest BCUT2D eigenvalue weighted by Gasteiger charge is -2.31. The van der Waals surface area contributed by atoms with Crippen molar-refractivity contribution in [1.82, 2.24) is 20.1 Å². The summed E-state index contributed by atoms with van der Waals surface area (Å²) in [6, 6.07) is 12.9. The van der Waals surface area contributed by atoms with Crippen LogP contribution in [0.3, 0.4) is 0 Å². The normalized spacial score (nSPS) is 14.9. The molecule has 0 amide bonds. The second-order valence-electron chi connectivity index (χ2n) is 7.59. The molecule has 0 atom stereocenters. The molecule has 2 N–H and O–H groups in total. The Hall–Kier alpha value is -1.78. The fourth-order valence-electron chi connectivity index (χ4n) is 3.59. The number of benzene rings is 1. The van der Waals surface area contributed by atoms with Crippen LogP contribution in [0.1, 0.15) is 18.4 Å². The first-order valence-electron chi connectivity index (χ1n) is 10.8. The van der Waals surface area contributed by atoms with Gasteiger partial charge in [-0.25, -0.2) is 0 Å². The second-order valence-corrected chi connectivity index (χ2v) is 7.59. The van der Waals surface area contributed by atoms with E-state index in [1.54, 1.807) is 7.05 Å². The van der Waals surface area contributed by atoms with Gasteiger partial charge >= 0.3 is 0 Å². The first-order valence-corrected chi connectivity index (χ1v) is 10.8. The molecule has 0 aliphatic carbocycles. The van der Waals surface area contributed by atoms with Crippen LogP contribution in [0.15, 0.2) is 53.8 Å². The Morgan fingerprint density at radius 3 is 2.71 bits per heavy atom. The van der Waals surface area contributed by atoms with Gasteiger partial charge in [0, 0.05) is 64.9 Å². The van der Waals surface area contributed by atoms with E-state index in [-0.39, 0.29) is 24.0 Å². The van der Waals surface area contributed by atoms with Gasteiger partial charge < -0.3 is 24.7 Å². The molecule has 0 spiro atoms. The molecule has 1 saturated heterocycles. The van der Waals surface area contributed by atoms with E-state index in [1.807, 2.05) is 24.3 Å². The van der Waals surface area contributed by atoms with Crippen LogP contribution in [0.5, 0.6) is 5.75 Å². The molecule has 2 heterocycles. The van der Waals surface area contributed by atoms with Gasteiger partial charge in [0.2, 0.25) is 0 Å². The molecule has 3 rings (SSSR count). The van der Waals surface area contributed by atoms with Gasteiger partial charge in [0.15, 0.2) is 5.96 Å². The highest BCUT2D eigenvalue weighted by Gasteiger charge is 2.17. The summed E-state index contributed by atoms with van der Waals surface area (Å²) < 4.78 is 13.6. The fraction of sp³-hybridized carbons (Fsp3) is 0.522. The van der Waals surface area contributed by atoms with Crippen molar-refractivity contribution >= 4 is 29.9 Å². The molecular weight excluding hydrogens is 505 g/mol. The minimum absolute atomic E-state index is 0. The Balaban J connectivity index is 0.00000341. The number of hydrogen-bond acceptors (Lipinski definition) is 4. The van der Waals surface area contributed by atoms with Crippen LogP contribution >= 0.6 is 24.0 Å². The Labute approximate surface area is 203 Å². The highest BCUT2D eigenvalue weighted by Crippen LogP contribution is 2.15. The predicted molar refractivity (Wildman–Crippen MR) is 136 cm³/mol. The summed E-state index contributed by atoms with van der Waals surface area (Å²) in [6.07, 6.45) is 6.34. The smallest absolute Gasteiger partial charge is 0.191 e. The number of nitrogens with zero attached hydrogens (tertiary/aromatic N) is 3. The van der Waals surface area contributed by atoms with Crippen LogP contribution in [-0.4, -0.2) is 68.5 Å². The lowest BCUT2D eigenvalue weighted by Crippen LogP contribution is -2.38. The number of halogens is 1. The van der Waals surface area contributed by atoms with Gasteiger partial charge in [0.1, 0.15) is 12.4 Å². The predicted octanol–water partition coefficient (Wildman–Crippen LogP) is 2.96. The molecule has 172 valence electrons. The van der Waals surface area contributed by atoms with Crippen LogP contribution in [0.25, 0.3) is 0 Å². The lowest BCUT2D eigenvalue weighted by atomic mass is 10.1. The molecule has 8 heteroatoms. The minimum Gasteiger partial charge on any atom is -0.492 e. The summed E-state index contributed by atoms with van der Waals surface area (Å²) in [5, 5.41) is 6.71. The standard InChI is InChI=1S/C23H35N5O2.HI/c1-24-23(25-10-13-28-11-3-4-12-28)26-19-20-6-5-7-22(18-20)30-17-14-27(2)21-8-15-29-16-9-21;/h3-7,11-12,18,21H,8-10,13-17,19H2,1-2H3,(H2,24,25,26);1H. The first kappa shape index (κ1) is 25.5. The van der Waals surface area contributed by atoms with Crippen LogP contribution in [-0.2, 0) is 17.8 Å². The molecule has 1 aromatic heterocycles. The van der Waals surface area contributed by atoms with Gasteiger partial charge in [-0.05, 0) is 49.7 Å². The molecular formula is C23H36IN5O2. The summed E-state index contributed by atoms with van der Waals surface area (Å²) >= 11 is 0. The van der Waals surface area contributed by atoms with Crippen LogP contribution in [0.4, 0.5) is 0 Å². The van der Waals surface area contributed by atoms with Gasteiger partial charge in [-0.15, -0.1) is 24.0 Å². The van der Waals surface area contributed by atoms with E-state index in [1.165, 1.54) is 5.56 Å². The number of aliphatic imine (C=N–C) groups is 1. The summed E-state index contributed by atoms with van der Waals surface area (Å²) in [7, 11) is 3.97. The van der Waals surface area contributed by atoms with Gasteiger partial charge in [0.05, 0.1) is 0 Å². The molecule has 1 aromatic carbocycles. The molecule has 7 nitrogen and oxygen atoms in total. The number of ether oxygens (including phenoxy) is 2. The van der Waals surface area contributed by atoms with Crippen molar-refractivity contribution in [2.24, 2.45) is 4.99 Å². The lowest BCUT2D eigenvalue weighted by molar-refractivity contribution is 0.0392. The van der Waals surface area contributed by atoms with Gasteiger partial charge in [0.25, 0.3) is 0 Å². The SMILES string of the molecule is CN=C(NCCn1cccc1)NCc1cccc(OCCN(C)C2CCOCC2)c1.I. The molecule has 0 radical (unpaired) electrons. The monoisotopic (exact) mass is 541 g/mol. The van der Waals surface area contributed by atoms with Crippen LogP contribution < -0.4 is 15.4 Å². The van der Waals surface area contributed by atoms with Gasteiger partial charge in [-0.3, -0.25) is 9.89 Å². The number of likely N-dealkylation sites (N-methyl/N-ethyl adjacent to an activating group) is 1. The van der Waals surface area contributed by atoms with Gasteiger partial charge in [-0.2, -0.15) is 0 Å².